The van der Waals surface area contributed by atoms with E-state index in [9.17, 15) is 14.3 Å². The number of fused-ring (bicyclic) bond motifs is 2. The molecule has 0 unspecified atom stereocenters. The van der Waals surface area contributed by atoms with Gasteiger partial charge in [0, 0.05) is 30.5 Å². The molecule has 0 spiro atoms. The summed E-state index contributed by atoms with van der Waals surface area (Å²) in [4.78, 5) is 16.4. The second-order valence-corrected chi connectivity index (χ2v) is 11.4. The highest BCUT2D eigenvalue weighted by Gasteiger charge is 2.42. The second kappa shape index (κ2) is 10.4. The molecule has 1 N–H and O–H groups in total. The predicted octanol–water partition coefficient (Wildman–Crippen LogP) is 6.38. The molecule has 0 bridgehead atoms. The monoisotopic (exact) mass is 590 g/mol. The lowest BCUT2D eigenvalue weighted by atomic mass is 9.99. The molecule has 0 radical (unpaired) electrons. The van der Waals surface area contributed by atoms with E-state index >= 15 is 0 Å². The minimum absolute atomic E-state index is 0.0860. The summed E-state index contributed by atoms with van der Waals surface area (Å²) in [5.41, 5.74) is 3.80. The van der Waals surface area contributed by atoms with Gasteiger partial charge >= 0.3 is 5.97 Å². The van der Waals surface area contributed by atoms with E-state index in [0.29, 0.717) is 42.5 Å². The van der Waals surface area contributed by atoms with Crippen molar-refractivity contribution in [3.8, 4) is 11.5 Å². The number of imidazole rings is 1. The molecule has 1 aromatic heterocycles. The highest BCUT2D eigenvalue weighted by atomic mass is 35.5. The Balaban J connectivity index is 1.12. The first-order valence-electron chi connectivity index (χ1n) is 13.9. The number of halogens is 2. The Morgan fingerprint density at radius 2 is 2.00 bits per heavy atom. The van der Waals surface area contributed by atoms with Crippen molar-refractivity contribution in [3.63, 3.8) is 0 Å². The van der Waals surface area contributed by atoms with Crippen molar-refractivity contribution in [1.82, 2.24) is 9.55 Å². The minimum Gasteiger partial charge on any atom is -0.478 e. The number of carboxylic acids is 1. The summed E-state index contributed by atoms with van der Waals surface area (Å²) in [7, 11) is 0. The van der Waals surface area contributed by atoms with Crippen molar-refractivity contribution < 1.29 is 33.2 Å². The molecule has 1 saturated heterocycles. The molecule has 1 fully saturated rings. The zero-order chi connectivity index (χ0) is 29.0. The number of ether oxygens (including phenoxy) is 4. The van der Waals surface area contributed by atoms with E-state index in [0.717, 1.165) is 41.0 Å². The number of aromatic nitrogens is 2. The molecule has 216 valence electrons. The number of carbonyl (C=O) groups is 1. The van der Waals surface area contributed by atoms with Gasteiger partial charge in [-0.3, -0.25) is 0 Å². The Morgan fingerprint density at radius 1 is 1.14 bits per heavy atom. The van der Waals surface area contributed by atoms with Gasteiger partial charge in [-0.2, -0.15) is 0 Å². The number of nitrogens with zero attached hydrogens (tertiary/aromatic N) is 2. The van der Waals surface area contributed by atoms with E-state index in [4.69, 9.17) is 35.5 Å². The van der Waals surface area contributed by atoms with E-state index in [1.807, 2.05) is 12.1 Å². The molecular formula is C32H28ClFN2O6. The van der Waals surface area contributed by atoms with Crippen LogP contribution in [0, 0.1) is 5.82 Å². The molecule has 3 aliphatic rings. The first-order valence-corrected chi connectivity index (χ1v) is 14.3. The van der Waals surface area contributed by atoms with Crippen molar-refractivity contribution in [3.05, 3.63) is 94.0 Å². The third kappa shape index (κ3) is 4.81. The molecule has 10 heteroatoms. The largest absolute Gasteiger partial charge is 0.478 e. The molecule has 0 aliphatic carbocycles. The second-order valence-electron chi connectivity index (χ2n) is 10.9. The quantitative estimate of drug-likeness (QED) is 0.267. The van der Waals surface area contributed by atoms with Gasteiger partial charge in [-0.25, -0.2) is 14.2 Å². The Morgan fingerprint density at radius 3 is 2.71 bits per heavy atom. The van der Waals surface area contributed by atoms with Crippen LogP contribution in [-0.4, -0.2) is 46.0 Å². The van der Waals surface area contributed by atoms with Crippen molar-refractivity contribution >= 4 is 34.2 Å². The zero-order valence-electron chi connectivity index (χ0n) is 22.8. The molecule has 0 saturated carbocycles. The van der Waals surface area contributed by atoms with Gasteiger partial charge in [-0.15, -0.1) is 0 Å². The molecule has 4 aromatic rings. The summed E-state index contributed by atoms with van der Waals surface area (Å²) in [6.45, 7) is 3.39. The van der Waals surface area contributed by atoms with Gasteiger partial charge in [0.2, 0.25) is 0 Å². The number of hydrogen-bond acceptors (Lipinski definition) is 6. The molecule has 8 nitrogen and oxygen atoms in total. The average Bonchev–Trinajstić information content (AvgIpc) is 3.47. The summed E-state index contributed by atoms with van der Waals surface area (Å²) < 4.78 is 41.2. The van der Waals surface area contributed by atoms with E-state index in [2.05, 4.69) is 10.6 Å². The SMILES string of the molecule is C[C@]1(c2ccc(Cl)cc2F)Oc2cccc(C3=CC[C@@H](Cc4nc5ccc(C(=O)O)cc5n4C[C@@H]4CCO4)OC3)c2O1. The molecule has 3 aromatic carbocycles. The average molecular weight is 591 g/mol. The third-order valence-corrected chi connectivity index (χ3v) is 8.35. The van der Waals surface area contributed by atoms with Gasteiger partial charge in [0.25, 0.3) is 5.79 Å². The molecule has 3 aliphatic heterocycles. The number of para-hydroxylation sites is 1. The van der Waals surface area contributed by atoms with Crippen molar-refractivity contribution in [2.45, 2.75) is 50.7 Å². The van der Waals surface area contributed by atoms with E-state index in [-0.39, 0.29) is 23.3 Å². The van der Waals surface area contributed by atoms with Crippen LogP contribution < -0.4 is 9.47 Å². The molecule has 7 rings (SSSR count). The van der Waals surface area contributed by atoms with Crippen LogP contribution in [0.2, 0.25) is 5.02 Å². The number of aromatic carboxylic acids is 1. The number of rotatable bonds is 7. The van der Waals surface area contributed by atoms with Crippen molar-refractivity contribution in [2.24, 2.45) is 0 Å². The smallest absolute Gasteiger partial charge is 0.335 e. The van der Waals surface area contributed by atoms with Gasteiger partial charge < -0.3 is 28.6 Å². The van der Waals surface area contributed by atoms with Crippen LogP contribution in [0.5, 0.6) is 11.5 Å². The Labute approximate surface area is 246 Å². The maximum absolute atomic E-state index is 14.8. The van der Waals surface area contributed by atoms with Gasteiger partial charge in [-0.1, -0.05) is 29.8 Å². The maximum Gasteiger partial charge on any atom is 0.335 e. The topological polar surface area (TPSA) is 92.0 Å². The minimum atomic E-state index is -1.34. The van der Waals surface area contributed by atoms with Gasteiger partial charge in [-0.05, 0) is 60.9 Å². The Kier molecular flexibility index (Phi) is 6.68. The maximum atomic E-state index is 14.8. The molecule has 42 heavy (non-hydrogen) atoms. The highest BCUT2D eigenvalue weighted by molar-refractivity contribution is 6.30. The fraction of sp³-hybridized carbons (Fsp3) is 0.312. The van der Waals surface area contributed by atoms with Crippen LogP contribution in [0.25, 0.3) is 16.6 Å². The zero-order valence-corrected chi connectivity index (χ0v) is 23.6. The van der Waals surface area contributed by atoms with Crippen LogP contribution in [0.3, 0.4) is 0 Å². The normalized spacial score (nSPS) is 23.1. The third-order valence-electron chi connectivity index (χ3n) is 8.11. The Hall–Kier alpha value is -3.92. The summed E-state index contributed by atoms with van der Waals surface area (Å²) in [5, 5.41) is 9.81. The van der Waals surface area contributed by atoms with Crippen LogP contribution in [0.1, 0.15) is 47.1 Å². The lowest BCUT2D eigenvalue weighted by Crippen LogP contribution is -2.32. The van der Waals surface area contributed by atoms with E-state index in [1.165, 1.54) is 6.07 Å². The standard InChI is InChI=1S/C32H28ClFN2O6/c1-32(24-9-7-20(33)14-25(24)34)41-28-4-2-3-23(30(28)42-32)19-5-8-21(40-17-19)15-29-35-26-10-6-18(31(37)38)13-27(26)36(29)16-22-11-12-39-22/h2-7,9-10,13-14,21-22H,8,11-12,15-17H2,1H3,(H,37,38)/t21-,22-,32-/m0/s1. The van der Waals surface area contributed by atoms with Crippen LogP contribution >= 0.6 is 11.6 Å². The number of benzene rings is 3. The lowest BCUT2D eigenvalue weighted by molar-refractivity contribution is -0.0708. The summed E-state index contributed by atoms with van der Waals surface area (Å²) >= 11 is 5.95. The van der Waals surface area contributed by atoms with Gasteiger partial charge in [0.05, 0.1) is 47.5 Å². The number of carboxylic acid groups (broad SMARTS) is 1. The molecule has 4 heterocycles. The van der Waals surface area contributed by atoms with Gasteiger partial charge in [0.1, 0.15) is 11.6 Å². The predicted molar refractivity (Wildman–Crippen MR) is 154 cm³/mol. The van der Waals surface area contributed by atoms with Crippen LogP contribution in [0.15, 0.2) is 60.7 Å². The lowest BCUT2D eigenvalue weighted by Gasteiger charge is -2.28. The first kappa shape index (κ1) is 26.9. The first-order chi connectivity index (χ1) is 20.3. The van der Waals surface area contributed by atoms with E-state index in [1.54, 1.807) is 43.3 Å². The van der Waals surface area contributed by atoms with E-state index < -0.39 is 17.6 Å². The summed E-state index contributed by atoms with van der Waals surface area (Å²) in [6, 6.07) is 15.1. The van der Waals surface area contributed by atoms with Crippen molar-refractivity contribution in [2.75, 3.05) is 13.2 Å². The fourth-order valence-electron chi connectivity index (χ4n) is 5.79. The Bertz CT molecular complexity index is 1750. The summed E-state index contributed by atoms with van der Waals surface area (Å²) in [5.74, 6) is -0.909. The molecular weight excluding hydrogens is 563 g/mol. The molecule has 0 amide bonds. The van der Waals surface area contributed by atoms with Crippen LogP contribution in [-0.2, 0) is 28.2 Å². The fourth-order valence-corrected chi connectivity index (χ4v) is 5.95. The summed E-state index contributed by atoms with van der Waals surface area (Å²) in [6.07, 6.45) is 4.27. The van der Waals surface area contributed by atoms with Crippen LogP contribution in [0.4, 0.5) is 4.39 Å². The highest BCUT2D eigenvalue weighted by Crippen LogP contribution is 2.48. The molecule has 3 atom stereocenters. The van der Waals surface area contributed by atoms with Crippen molar-refractivity contribution in [1.29, 1.82) is 0 Å². The van der Waals surface area contributed by atoms with Gasteiger partial charge in [0.15, 0.2) is 11.5 Å². The number of hydrogen-bond donors (Lipinski definition) is 1.